The van der Waals surface area contributed by atoms with E-state index in [0.29, 0.717) is 22.9 Å². The molecule has 5 nitrogen and oxygen atoms in total. The van der Waals surface area contributed by atoms with Gasteiger partial charge in [-0.3, -0.25) is 4.79 Å². The summed E-state index contributed by atoms with van der Waals surface area (Å²) in [6.07, 6.45) is 0.0604. The van der Waals surface area contributed by atoms with Gasteiger partial charge in [0.15, 0.2) is 5.76 Å². The van der Waals surface area contributed by atoms with Crippen LogP contribution in [-0.4, -0.2) is 18.2 Å². The van der Waals surface area contributed by atoms with Gasteiger partial charge in [-0.1, -0.05) is 17.3 Å². The molecule has 1 amide bonds. The van der Waals surface area contributed by atoms with Crippen molar-refractivity contribution in [2.24, 2.45) is 0 Å². The molecule has 0 fully saturated rings. The molecule has 0 atom stereocenters. The first-order chi connectivity index (χ1) is 11.6. The molecule has 0 aliphatic rings. The van der Waals surface area contributed by atoms with Crippen molar-refractivity contribution >= 4 is 11.6 Å². The monoisotopic (exact) mass is 326 g/mol. The van der Waals surface area contributed by atoms with Crippen molar-refractivity contribution in [3.8, 4) is 17.1 Å². The van der Waals surface area contributed by atoms with Crippen molar-refractivity contribution in [3.63, 3.8) is 0 Å². The van der Waals surface area contributed by atoms with Gasteiger partial charge in [0.1, 0.15) is 11.6 Å². The average molecular weight is 326 g/mol. The average Bonchev–Trinajstić information content (AvgIpc) is 3.05. The number of aromatic nitrogens is 1. The van der Waals surface area contributed by atoms with E-state index in [1.54, 1.807) is 13.2 Å². The predicted molar refractivity (Wildman–Crippen MR) is 87.2 cm³/mol. The van der Waals surface area contributed by atoms with E-state index in [1.807, 2.05) is 24.3 Å². The summed E-state index contributed by atoms with van der Waals surface area (Å²) >= 11 is 0. The van der Waals surface area contributed by atoms with E-state index in [4.69, 9.17) is 9.26 Å². The maximum absolute atomic E-state index is 12.8. The van der Waals surface area contributed by atoms with E-state index in [2.05, 4.69) is 10.5 Å². The van der Waals surface area contributed by atoms with Crippen molar-refractivity contribution in [2.75, 3.05) is 12.4 Å². The number of nitrogens with one attached hydrogen (secondary N) is 1. The molecule has 0 saturated carbocycles. The minimum Gasteiger partial charge on any atom is -0.497 e. The highest BCUT2D eigenvalue weighted by molar-refractivity contribution is 5.92. The summed E-state index contributed by atoms with van der Waals surface area (Å²) in [6.45, 7) is 0. The summed E-state index contributed by atoms with van der Waals surface area (Å²) in [5, 5.41) is 6.58. The van der Waals surface area contributed by atoms with Crippen molar-refractivity contribution in [1.29, 1.82) is 0 Å². The molecule has 6 heteroatoms. The van der Waals surface area contributed by atoms with Gasteiger partial charge in [-0.2, -0.15) is 0 Å². The summed E-state index contributed by atoms with van der Waals surface area (Å²) in [7, 11) is 1.59. The van der Waals surface area contributed by atoms with Crippen LogP contribution in [0.5, 0.6) is 5.75 Å². The van der Waals surface area contributed by atoms with Crippen LogP contribution in [0.15, 0.2) is 59.1 Å². The van der Waals surface area contributed by atoms with Gasteiger partial charge in [0.2, 0.25) is 5.91 Å². The lowest BCUT2D eigenvalue weighted by Gasteiger charge is -2.03. The fourth-order valence-electron chi connectivity index (χ4n) is 2.21. The van der Waals surface area contributed by atoms with Crippen LogP contribution >= 0.6 is 0 Å². The van der Waals surface area contributed by atoms with Gasteiger partial charge in [0.25, 0.3) is 0 Å². The zero-order valence-electron chi connectivity index (χ0n) is 13.0. The highest BCUT2D eigenvalue weighted by Gasteiger charge is 2.11. The highest BCUT2D eigenvalue weighted by atomic mass is 19.1. The van der Waals surface area contributed by atoms with E-state index in [0.717, 1.165) is 5.56 Å². The molecule has 122 valence electrons. The number of rotatable bonds is 5. The fourth-order valence-corrected chi connectivity index (χ4v) is 2.21. The number of halogens is 1. The number of benzene rings is 2. The van der Waals surface area contributed by atoms with Gasteiger partial charge >= 0.3 is 0 Å². The Morgan fingerprint density at radius 3 is 2.75 bits per heavy atom. The number of carbonyl (C=O) groups is 1. The Morgan fingerprint density at radius 1 is 1.21 bits per heavy atom. The second-order valence-corrected chi connectivity index (χ2v) is 5.15. The first-order valence-corrected chi connectivity index (χ1v) is 7.29. The van der Waals surface area contributed by atoms with Crippen LogP contribution < -0.4 is 10.1 Å². The van der Waals surface area contributed by atoms with Crippen LogP contribution in [0.25, 0.3) is 11.3 Å². The summed E-state index contributed by atoms with van der Waals surface area (Å²) in [6, 6.07) is 14.6. The number of amides is 1. The second kappa shape index (κ2) is 6.95. The molecule has 2 aromatic carbocycles. The summed E-state index contributed by atoms with van der Waals surface area (Å²) in [4.78, 5) is 12.0. The van der Waals surface area contributed by atoms with E-state index >= 15 is 0 Å². The molecule has 1 N–H and O–H groups in total. The van der Waals surface area contributed by atoms with Crippen molar-refractivity contribution in [3.05, 3.63) is 66.1 Å². The highest BCUT2D eigenvalue weighted by Crippen LogP contribution is 2.24. The number of anilines is 1. The van der Waals surface area contributed by atoms with Crippen molar-refractivity contribution in [2.45, 2.75) is 6.42 Å². The molecule has 0 unspecified atom stereocenters. The third kappa shape index (κ3) is 3.78. The minimum atomic E-state index is -0.354. The topological polar surface area (TPSA) is 64.4 Å². The van der Waals surface area contributed by atoms with Crippen LogP contribution in [-0.2, 0) is 11.2 Å². The van der Waals surface area contributed by atoms with E-state index in [-0.39, 0.29) is 18.1 Å². The first kappa shape index (κ1) is 15.7. The zero-order chi connectivity index (χ0) is 16.9. The van der Waals surface area contributed by atoms with E-state index in [9.17, 15) is 9.18 Å². The largest absolute Gasteiger partial charge is 0.497 e. The molecular formula is C18H15FN2O3. The maximum Gasteiger partial charge on any atom is 0.230 e. The maximum atomic E-state index is 12.8. The smallest absolute Gasteiger partial charge is 0.230 e. The molecule has 0 spiro atoms. The van der Waals surface area contributed by atoms with Crippen LogP contribution in [0, 0.1) is 5.82 Å². The van der Waals surface area contributed by atoms with Gasteiger partial charge in [-0.15, -0.1) is 0 Å². The van der Waals surface area contributed by atoms with Gasteiger partial charge in [0, 0.05) is 17.3 Å². The van der Waals surface area contributed by atoms with Crippen LogP contribution in [0.3, 0.4) is 0 Å². The predicted octanol–water partition coefficient (Wildman–Crippen LogP) is 3.67. The Labute approximate surface area is 138 Å². The molecule has 0 aliphatic carbocycles. The second-order valence-electron chi connectivity index (χ2n) is 5.15. The molecule has 1 aromatic heterocycles. The fraction of sp³-hybridized carbons (Fsp3) is 0.111. The zero-order valence-corrected chi connectivity index (χ0v) is 13.0. The van der Waals surface area contributed by atoms with Gasteiger partial charge in [-0.25, -0.2) is 4.39 Å². The van der Waals surface area contributed by atoms with Gasteiger partial charge in [0.05, 0.1) is 19.2 Å². The molecular weight excluding hydrogens is 311 g/mol. The number of hydrogen-bond donors (Lipinski definition) is 1. The number of hydrogen-bond acceptors (Lipinski definition) is 4. The lowest BCUT2D eigenvalue weighted by atomic mass is 10.1. The first-order valence-electron chi connectivity index (χ1n) is 7.29. The van der Waals surface area contributed by atoms with Crippen LogP contribution in [0.4, 0.5) is 10.1 Å². The molecule has 0 bridgehead atoms. The lowest BCUT2D eigenvalue weighted by molar-refractivity contribution is -0.115. The standard InChI is InChI=1S/C18H15FN2O3/c1-23-16-4-2-3-12(9-16)17-10-15(21-24-17)11-18(22)20-14-7-5-13(19)6-8-14/h2-10H,11H2,1H3,(H,20,22). The quantitative estimate of drug-likeness (QED) is 0.777. The Kier molecular flexibility index (Phi) is 4.56. The summed E-state index contributed by atoms with van der Waals surface area (Å²) in [5.74, 6) is 0.650. The van der Waals surface area contributed by atoms with Crippen molar-refractivity contribution in [1.82, 2.24) is 5.16 Å². The van der Waals surface area contributed by atoms with Gasteiger partial charge in [-0.05, 0) is 36.4 Å². The molecule has 0 radical (unpaired) electrons. The normalized spacial score (nSPS) is 10.4. The Bertz CT molecular complexity index is 843. The summed E-state index contributed by atoms with van der Waals surface area (Å²) < 4.78 is 23.3. The lowest BCUT2D eigenvalue weighted by Crippen LogP contribution is -2.14. The SMILES string of the molecule is COc1cccc(-c2cc(CC(=O)Nc3ccc(F)cc3)no2)c1. The molecule has 0 aliphatic heterocycles. The number of methoxy groups -OCH3 is 1. The Balaban J connectivity index is 1.67. The molecule has 0 saturated heterocycles. The van der Waals surface area contributed by atoms with Gasteiger partial charge < -0.3 is 14.6 Å². The third-order valence-corrected chi connectivity index (χ3v) is 3.38. The minimum absolute atomic E-state index is 0.0604. The number of ether oxygens (including phenoxy) is 1. The van der Waals surface area contributed by atoms with Crippen LogP contribution in [0.2, 0.25) is 0 Å². The molecule has 3 aromatic rings. The molecule has 3 rings (SSSR count). The third-order valence-electron chi connectivity index (χ3n) is 3.38. The Hall–Kier alpha value is -3.15. The molecule has 1 heterocycles. The summed E-state index contributed by atoms with van der Waals surface area (Å²) in [5.41, 5.74) is 1.84. The van der Waals surface area contributed by atoms with Crippen molar-refractivity contribution < 1.29 is 18.4 Å². The van der Waals surface area contributed by atoms with E-state index in [1.165, 1.54) is 24.3 Å². The Morgan fingerprint density at radius 2 is 2.00 bits per heavy atom. The van der Waals surface area contributed by atoms with Crippen LogP contribution in [0.1, 0.15) is 5.69 Å². The number of carbonyl (C=O) groups excluding carboxylic acids is 1. The van der Waals surface area contributed by atoms with E-state index < -0.39 is 0 Å². The number of nitrogens with zero attached hydrogens (tertiary/aromatic N) is 1. The molecule has 24 heavy (non-hydrogen) atoms.